The third kappa shape index (κ3) is 2.13. The molecule has 0 saturated carbocycles. The average Bonchev–Trinajstić information content (AvgIpc) is 2.10. The van der Waals surface area contributed by atoms with Gasteiger partial charge in [0.05, 0.1) is 0 Å². The van der Waals surface area contributed by atoms with Crippen molar-refractivity contribution in [2.75, 3.05) is 0 Å². The zero-order valence-corrected chi connectivity index (χ0v) is 7.96. The van der Waals surface area contributed by atoms with Gasteiger partial charge in [0.15, 0.2) is 0 Å². The van der Waals surface area contributed by atoms with Crippen LogP contribution in [0.2, 0.25) is 0 Å². The molecule has 1 nitrogen and oxygen atoms in total. The first kappa shape index (κ1) is 9.37. The van der Waals surface area contributed by atoms with E-state index in [9.17, 15) is 0 Å². The first-order valence-corrected chi connectivity index (χ1v) is 4.85. The van der Waals surface area contributed by atoms with Crippen molar-refractivity contribution in [3.05, 3.63) is 24.0 Å². The maximum absolute atomic E-state index is 9.13. The molecule has 0 bridgehead atoms. The van der Waals surface area contributed by atoms with E-state index in [4.69, 9.17) is 5.11 Å². The SMILES string of the molecule is CCC(CC)C1C=CC(O)=CC1. The number of aliphatic hydroxyl groups excluding tert-OH is 1. The Hall–Kier alpha value is -0.720. The van der Waals surface area contributed by atoms with Crippen molar-refractivity contribution < 1.29 is 5.11 Å². The van der Waals surface area contributed by atoms with E-state index in [0.29, 0.717) is 11.7 Å². The van der Waals surface area contributed by atoms with Crippen molar-refractivity contribution in [3.63, 3.8) is 0 Å². The maximum Gasteiger partial charge on any atom is 0.111 e. The highest BCUT2D eigenvalue weighted by Crippen LogP contribution is 2.27. The van der Waals surface area contributed by atoms with Crippen molar-refractivity contribution in [3.8, 4) is 0 Å². The zero-order chi connectivity index (χ0) is 8.97. The topological polar surface area (TPSA) is 20.2 Å². The van der Waals surface area contributed by atoms with Gasteiger partial charge >= 0.3 is 0 Å². The van der Waals surface area contributed by atoms with Crippen molar-refractivity contribution in [1.82, 2.24) is 0 Å². The van der Waals surface area contributed by atoms with Gasteiger partial charge in [0, 0.05) is 0 Å². The molecule has 0 heterocycles. The molecule has 1 rings (SSSR count). The van der Waals surface area contributed by atoms with E-state index in [1.165, 1.54) is 12.8 Å². The van der Waals surface area contributed by atoms with Crippen LogP contribution in [0.3, 0.4) is 0 Å². The predicted octanol–water partition coefficient (Wildman–Crippen LogP) is 3.44. The molecule has 0 aliphatic heterocycles. The standard InChI is InChI=1S/C11H18O/c1-3-9(4-2)10-5-7-11(12)8-6-10/h5,7-10,12H,3-4,6H2,1-2H3. The first-order chi connectivity index (χ1) is 5.77. The fourth-order valence-corrected chi connectivity index (χ4v) is 1.87. The molecule has 1 heteroatoms. The molecule has 0 fully saturated rings. The summed E-state index contributed by atoms with van der Waals surface area (Å²) in [5.41, 5.74) is 0. The quantitative estimate of drug-likeness (QED) is 0.681. The molecule has 0 spiro atoms. The summed E-state index contributed by atoms with van der Waals surface area (Å²) in [7, 11) is 0. The number of hydrogen-bond acceptors (Lipinski definition) is 1. The molecule has 0 aromatic heterocycles. The van der Waals surface area contributed by atoms with E-state index in [-0.39, 0.29) is 0 Å². The van der Waals surface area contributed by atoms with Gasteiger partial charge in [0.2, 0.25) is 0 Å². The molecule has 1 aliphatic carbocycles. The molecule has 0 radical (unpaired) electrons. The normalized spacial score (nSPS) is 22.9. The molecule has 0 amide bonds. The lowest BCUT2D eigenvalue weighted by atomic mass is 9.83. The lowest BCUT2D eigenvalue weighted by molar-refractivity contribution is 0.356. The van der Waals surface area contributed by atoms with Gasteiger partial charge in [0.1, 0.15) is 5.76 Å². The van der Waals surface area contributed by atoms with Gasteiger partial charge in [-0.25, -0.2) is 0 Å². The van der Waals surface area contributed by atoms with E-state index >= 15 is 0 Å². The summed E-state index contributed by atoms with van der Waals surface area (Å²) in [4.78, 5) is 0. The summed E-state index contributed by atoms with van der Waals surface area (Å²) in [5.74, 6) is 1.86. The molecular weight excluding hydrogens is 148 g/mol. The number of aliphatic hydroxyl groups is 1. The van der Waals surface area contributed by atoms with Crippen LogP contribution in [-0.2, 0) is 0 Å². The molecule has 68 valence electrons. The summed E-state index contributed by atoms with van der Waals surface area (Å²) in [6.07, 6.45) is 9.37. The van der Waals surface area contributed by atoms with Gasteiger partial charge in [-0.3, -0.25) is 0 Å². The van der Waals surface area contributed by atoms with Crippen molar-refractivity contribution in [2.45, 2.75) is 33.1 Å². The van der Waals surface area contributed by atoms with Gasteiger partial charge in [-0.1, -0.05) is 32.8 Å². The van der Waals surface area contributed by atoms with E-state index < -0.39 is 0 Å². The molecule has 1 N–H and O–H groups in total. The van der Waals surface area contributed by atoms with Gasteiger partial charge in [-0.15, -0.1) is 0 Å². The van der Waals surface area contributed by atoms with Gasteiger partial charge in [-0.2, -0.15) is 0 Å². The molecule has 0 saturated heterocycles. The Morgan fingerprint density at radius 3 is 2.58 bits per heavy atom. The van der Waals surface area contributed by atoms with Crippen LogP contribution in [0.25, 0.3) is 0 Å². The molecular formula is C11H18O. The minimum atomic E-state index is 0.428. The van der Waals surface area contributed by atoms with Crippen molar-refractivity contribution >= 4 is 0 Å². The number of allylic oxidation sites excluding steroid dienone is 3. The second kappa shape index (κ2) is 4.34. The molecule has 1 aliphatic rings. The minimum absolute atomic E-state index is 0.428. The molecule has 1 atom stereocenters. The van der Waals surface area contributed by atoms with Gasteiger partial charge < -0.3 is 5.11 Å². The fraction of sp³-hybridized carbons (Fsp3) is 0.636. The second-order valence-electron chi connectivity index (χ2n) is 3.46. The molecule has 0 aromatic rings. The van der Waals surface area contributed by atoms with Crippen LogP contribution in [0.1, 0.15) is 33.1 Å². The Balaban J connectivity index is 2.51. The van der Waals surface area contributed by atoms with Crippen LogP contribution >= 0.6 is 0 Å². The van der Waals surface area contributed by atoms with E-state index in [0.717, 1.165) is 12.3 Å². The van der Waals surface area contributed by atoms with Crippen LogP contribution in [0.4, 0.5) is 0 Å². The van der Waals surface area contributed by atoms with Gasteiger partial charge in [-0.05, 0) is 30.4 Å². The van der Waals surface area contributed by atoms with Crippen LogP contribution in [0, 0.1) is 11.8 Å². The highest BCUT2D eigenvalue weighted by molar-refractivity contribution is 5.17. The summed E-state index contributed by atoms with van der Waals surface area (Å²) in [5, 5.41) is 9.13. The Kier molecular flexibility index (Phi) is 3.39. The molecule has 12 heavy (non-hydrogen) atoms. The highest BCUT2D eigenvalue weighted by Gasteiger charge is 2.16. The monoisotopic (exact) mass is 166 g/mol. The largest absolute Gasteiger partial charge is 0.508 e. The van der Waals surface area contributed by atoms with E-state index in [1.807, 2.05) is 12.2 Å². The zero-order valence-electron chi connectivity index (χ0n) is 7.96. The van der Waals surface area contributed by atoms with E-state index in [2.05, 4.69) is 19.9 Å². The predicted molar refractivity (Wildman–Crippen MR) is 52.0 cm³/mol. The molecule has 1 unspecified atom stereocenters. The Labute approximate surface area is 74.8 Å². The Morgan fingerprint density at radius 1 is 1.50 bits per heavy atom. The summed E-state index contributed by atoms with van der Waals surface area (Å²) in [6, 6.07) is 0. The number of rotatable bonds is 3. The summed E-state index contributed by atoms with van der Waals surface area (Å²) in [6.45, 7) is 4.47. The smallest absolute Gasteiger partial charge is 0.111 e. The van der Waals surface area contributed by atoms with E-state index in [1.54, 1.807) is 0 Å². The van der Waals surface area contributed by atoms with Gasteiger partial charge in [0.25, 0.3) is 0 Å². The first-order valence-electron chi connectivity index (χ1n) is 4.85. The summed E-state index contributed by atoms with van der Waals surface area (Å²) >= 11 is 0. The lowest BCUT2D eigenvalue weighted by Crippen LogP contribution is -2.12. The van der Waals surface area contributed by atoms with Crippen LogP contribution in [0.15, 0.2) is 24.0 Å². The van der Waals surface area contributed by atoms with Crippen LogP contribution in [-0.4, -0.2) is 5.11 Å². The fourth-order valence-electron chi connectivity index (χ4n) is 1.87. The number of hydrogen-bond donors (Lipinski definition) is 1. The lowest BCUT2D eigenvalue weighted by Gasteiger charge is -2.22. The maximum atomic E-state index is 9.13. The third-order valence-electron chi connectivity index (χ3n) is 2.77. The van der Waals surface area contributed by atoms with Crippen molar-refractivity contribution in [2.24, 2.45) is 11.8 Å². The third-order valence-corrected chi connectivity index (χ3v) is 2.77. The molecule has 0 aromatic carbocycles. The van der Waals surface area contributed by atoms with Crippen LogP contribution < -0.4 is 0 Å². The van der Waals surface area contributed by atoms with Crippen molar-refractivity contribution in [1.29, 1.82) is 0 Å². The highest BCUT2D eigenvalue weighted by atomic mass is 16.3. The Morgan fingerprint density at radius 2 is 2.17 bits per heavy atom. The second-order valence-corrected chi connectivity index (χ2v) is 3.46. The Bertz CT molecular complexity index is 187. The minimum Gasteiger partial charge on any atom is -0.508 e. The van der Waals surface area contributed by atoms with Crippen LogP contribution in [0.5, 0.6) is 0 Å². The average molecular weight is 166 g/mol. The summed E-state index contributed by atoms with van der Waals surface area (Å²) < 4.78 is 0.